The number of hydrogen-bond acceptors (Lipinski definition) is 4. The van der Waals surface area contributed by atoms with Crippen molar-refractivity contribution in [2.75, 3.05) is 6.54 Å². The highest BCUT2D eigenvalue weighted by molar-refractivity contribution is 7.09. The van der Waals surface area contributed by atoms with Crippen molar-refractivity contribution in [3.05, 3.63) is 16.6 Å². The first-order chi connectivity index (χ1) is 8.99. The van der Waals surface area contributed by atoms with Gasteiger partial charge < -0.3 is 15.7 Å². The van der Waals surface area contributed by atoms with Crippen molar-refractivity contribution in [2.45, 2.75) is 38.6 Å². The van der Waals surface area contributed by atoms with Crippen LogP contribution >= 0.6 is 11.3 Å². The third-order valence-electron chi connectivity index (χ3n) is 2.61. The van der Waals surface area contributed by atoms with Crippen molar-refractivity contribution in [3.8, 4) is 0 Å². The van der Waals surface area contributed by atoms with Crippen LogP contribution in [0.25, 0.3) is 0 Å². The summed E-state index contributed by atoms with van der Waals surface area (Å²) in [6.45, 7) is 4.28. The van der Waals surface area contributed by atoms with E-state index in [-0.39, 0.29) is 24.4 Å². The number of carboxylic acids is 1. The lowest BCUT2D eigenvalue weighted by atomic mass is 10.2. The Morgan fingerprint density at radius 2 is 2.21 bits per heavy atom. The van der Waals surface area contributed by atoms with Crippen molar-refractivity contribution in [2.24, 2.45) is 0 Å². The number of carbonyl (C=O) groups excluding carboxylic acids is 1. The van der Waals surface area contributed by atoms with Gasteiger partial charge in [-0.2, -0.15) is 0 Å². The summed E-state index contributed by atoms with van der Waals surface area (Å²) in [5.74, 6) is -0.688. The monoisotopic (exact) mass is 285 g/mol. The molecule has 2 amide bonds. The van der Waals surface area contributed by atoms with Gasteiger partial charge in [0.2, 0.25) is 0 Å². The summed E-state index contributed by atoms with van der Waals surface area (Å²) < 4.78 is 0. The van der Waals surface area contributed by atoms with Gasteiger partial charge in [0.25, 0.3) is 0 Å². The first kappa shape index (κ1) is 15.4. The number of amides is 2. The topological polar surface area (TPSA) is 91.3 Å². The molecule has 0 aromatic carbocycles. The SMILES string of the molecule is CC(CCC(=O)O)NC(=O)NCC(C)c1nccs1. The molecule has 0 saturated heterocycles. The van der Waals surface area contributed by atoms with E-state index in [0.29, 0.717) is 13.0 Å². The Bertz CT molecular complexity index is 408. The molecule has 1 aromatic heterocycles. The predicted molar refractivity (Wildman–Crippen MR) is 73.4 cm³/mol. The second-order valence-corrected chi connectivity index (χ2v) is 5.39. The average Bonchev–Trinajstić information content (AvgIpc) is 2.87. The van der Waals surface area contributed by atoms with E-state index in [1.807, 2.05) is 12.3 Å². The number of aliphatic carboxylic acids is 1. The molecule has 7 heteroatoms. The van der Waals surface area contributed by atoms with Gasteiger partial charge in [0, 0.05) is 36.5 Å². The fraction of sp³-hybridized carbons (Fsp3) is 0.583. The van der Waals surface area contributed by atoms with Gasteiger partial charge in [-0.25, -0.2) is 9.78 Å². The molecular weight excluding hydrogens is 266 g/mol. The molecule has 0 saturated carbocycles. The van der Waals surface area contributed by atoms with Crippen LogP contribution in [0.3, 0.4) is 0 Å². The van der Waals surface area contributed by atoms with Gasteiger partial charge in [-0.15, -0.1) is 11.3 Å². The van der Waals surface area contributed by atoms with Crippen LogP contribution in [0, 0.1) is 0 Å². The smallest absolute Gasteiger partial charge is 0.315 e. The summed E-state index contributed by atoms with van der Waals surface area (Å²) in [6.07, 6.45) is 2.21. The molecule has 0 aliphatic carbocycles. The van der Waals surface area contributed by atoms with E-state index in [0.717, 1.165) is 5.01 Å². The number of rotatable bonds is 7. The molecule has 0 aliphatic heterocycles. The number of nitrogens with zero attached hydrogens (tertiary/aromatic N) is 1. The van der Waals surface area contributed by atoms with E-state index in [1.165, 1.54) is 0 Å². The van der Waals surface area contributed by atoms with Crippen molar-refractivity contribution < 1.29 is 14.7 Å². The second-order valence-electron chi connectivity index (χ2n) is 4.46. The quantitative estimate of drug-likeness (QED) is 0.712. The van der Waals surface area contributed by atoms with Crippen molar-refractivity contribution in [1.82, 2.24) is 15.6 Å². The van der Waals surface area contributed by atoms with E-state index in [4.69, 9.17) is 5.11 Å². The van der Waals surface area contributed by atoms with E-state index in [9.17, 15) is 9.59 Å². The Morgan fingerprint density at radius 1 is 1.47 bits per heavy atom. The van der Waals surface area contributed by atoms with Gasteiger partial charge in [0.05, 0.1) is 5.01 Å². The van der Waals surface area contributed by atoms with Crippen LogP contribution in [0.1, 0.15) is 37.6 Å². The highest BCUT2D eigenvalue weighted by Gasteiger charge is 2.12. The van der Waals surface area contributed by atoms with E-state index in [2.05, 4.69) is 15.6 Å². The van der Waals surface area contributed by atoms with Crippen LogP contribution in [-0.4, -0.2) is 34.7 Å². The minimum atomic E-state index is -0.855. The average molecular weight is 285 g/mol. The normalized spacial score (nSPS) is 13.6. The fourth-order valence-corrected chi connectivity index (χ4v) is 2.20. The molecule has 1 rings (SSSR count). The zero-order chi connectivity index (χ0) is 14.3. The van der Waals surface area contributed by atoms with Crippen molar-refractivity contribution in [1.29, 1.82) is 0 Å². The minimum absolute atomic E-state index is 0.0525. The molecule has 0 spiro atoms. The predicted octanol–water partition coefficient (Wildman–Crippen LogP) is 1.80. The first-order valence-electron chi connectivity index (χ1n) is 6.14. The Kier molecular flexibility index (Phi) is 6.27. The molecule has 19 heavy (non-hydrogen) atoms. The molecule has 1 heterocycles. The molecule has 106 valence electrons. The third kappa shape index (κ3) is 6.19. The second kappa shape index (κ2) is 7.73. The molecule has 3 N–H and O–H groups in total. The number of hydrogen-bond donors (Lipinski definition) is 3. The molecule has 1 aromatic rings. The maximum absolute atomic E-state index is 11.6. The standard InChI is InChI=1S/C12H19N3O3S/c1-8(11-13-5-6-19-11)7-14-12(18)15-9(2)3-4-10(16)17/h5-6,8-9H,3-4,7H2,1-2H3,(H,16,17)(H2,14,15,18). The summed E-state index contributed by atoms with van der Waals surface area (Å²) in [4.78, 5) is 26.2. The van der Waals surface area contributed by atoms with Crippen molar-refractivity contribution >= 4 is 23.3 Å². The molecule has 6 nitrogen and oxygen atoms in total. The fourth-order valence-electron chi connectivity index (χ4n) is 1.50. The lowest BCUT2D eigenvalue weighted by molar-refractivity contribution is -0.137. The molecule has 0 aliphatic rings. The number of carboxylic acid groups (broad SMARTS) is 1. The van der Waals surface area contributed by atoms with Crippen LogP contribution < -0.4 is 10.6 Å². The summed E-state index contributed by atoms with van der Waals surface area (Å²) >= 11 is 1.56. The molecule has 0 fully saturated rings. The largest absolute Gasteiger partial charge is 0.481 e. The summed E-state index contributed by atoms with van der Waals surface area (Å²) in [5, 5.41) is 16.9. The number of aromatic nitrogens is 1. The minimum Gasteiger partial charge on any atom is -0.481 e. The molecule has 0 bridgehead atoms. The van der Waals surface area contributed by atoms with Gasteiger partial charge in [-0.05, 0) is 13.3 Å². The van der Waals surface area contributed by atoms with Crippen LogP contribution in [0.4, 0.5) is 4.79 Å². The summed E-state index contributed by atoms with van der Waals surface area (Å²) in [7, 11) is 0. The Balaban J connectivity index is 2.22. The van der Waals surface area contributed by atoms with Gasteiger partial charge in [0.15, 0.2) is 0 Å². The van der Waals surface area contributed by atoms with E-state index < -0.39 is 5.97 Å². The Morgan fingerprint density at radius 3 is 2.79 bits per heavy atom. The summed E-state index contributed by atoms with van der Waals surface area (Å²) in [6, 6.07) is -0.437. The Labute approximate surface area is 116 Å². The molecule has 0 radical (unpaired) electrons. The lowest BCUT2D eigenvalue weighted by Gasteiger charge is -2.15. The zero-order valence-electron chi connectivity index (χ0n) is 11.0. The molecule has 2 unspecified atom stereocenters. The van der Waals surface area contributed by atoms with Gasteiger partial charge in [-0.3, -0.25) is 4.79 Å². The molecular formula is C12H19N3O3S. The highest BCUT2D eigenvalue weighted by Crippen LogP contribution is 2.16. The number of urea groups is 1. The van der Waals surface area contributed by atoms with Gasteiger partial charge >= 0.3 is 12.0 Å². The number of thiazole rings is 1. The first-order valence-corrected chi connectivity index (χ1v) is 7.02. The maximum Gasteiger partial charge on any atom is 0.315 e. The molecule has 2 atom stereocenters. The van der Waals surface area contributed by atoms with Crippen LogP contribution in [-0.2, 0) is 4.79 Å². The highest BCUT2D eigenvalue weighted by atomic mass is 32.1. The van der Waals surface area contributed by atoms with E-state index >= 15 is 0 Å². The van der Waals surface area contributed by atoms with Crippen molar-refractivity contribution in [3.63, 3.8) is 0 Å². The van der Waals surface area contributed by atoms with Crippen LogP contribution in [0.5, 0.6) is 0 Å². The third-order valence-corrected chi connectivity index (χ3v) is 3.62. The van der Waals surface area contributed by atoms with Gasteiger partial charge in [0.1, 0.15) is 0 Å². The van der Waals surface area contributed by atoms with Gasteiger partial charge in [-0.1, -0.05) is 6.92 Å². The lowest BCUT2D eigenvalue weighted by Crippen LogP contribution is -2.42. The summed E-state index contributed by atoms with van der Waals surface area (Å²) in [5.41, 5.74) is 0. The maximum atomic E-state index is 11.6. The Hall–Kier alpha value is -1.63. The van der Waals surface area contributed by atoms with E-state index in [1.54, 1.807) is 24.5 Å². The number of nitrogens with one attached hydrogen (secondary N) is 2. The van der Waals surface area contributed by atoms with Crippen LogP contribution in [0.15, 0.2) is 11.6 Å². The van der Waals surface area contributed by atoms with Crippen LogP contribution in [0.2, 0.25) is 0 Å². The number of carbonyl (C=O) groups is 2. The zero-order valence-corrected chi connectivity index (χ0v) is 11.9.